The van der Waals surface area contributed by atoms with Gasteiger partial charge in [0, 0.05) is 23.1 Å². The van der Waals surface area contributed by atoms with Gasteiger partial charge in [-0.05, 0) is 98.5 Å². The van der Waals surface area contributed by atoms with Crippen molar-refractivity contribution in [3.05, 3.63) is 88.3 Å². The molecule has 1 aliphatic carbocycles. The maximum absolute atomic E-state index is 13.8. The first-order valence-electron chi connectivity index (χ1n) is 12.2. The van der Waals surface area contributed by atoms with Crippen LogP contribution in [-0.2, 0) is 4.79 Å². The van der Waals surface area contributed by atoms with Crippen LogP contribution >= 0.6 is 11.8 Å². The first-order chi connectivity index (χ1) is 16.9. The van der Waals surface area contributed by atoms with Gasteiger partial charge in [0.05, 0.1) is 10.6 Å². The fourth-order valence-electron chi connectivity index (χ4n) is 5.21. The van der Waals surface area contributed by atoms with Crippen LogP contribution in [0.25, 0.3) is 11.8 Å². The third-order valence-corrected chi connectivity index (χ3v) is 8.04. The van der Waals surface area contributed by atoms with E-state index in [0.717, 1.165) is 52.8 Å². The zero-order valence-electron chi connectivity index (χ0n) is 20.4. The molecular weight excluding hydrogens is 457 g/mol. The van der Waals surface area contributed by atoms with Crippen LogP contribution in [0.15, 0.2) is 70.6 Å². The number of rotatable bonds is 4. The average molecular weight is 488 g/mol. The van der Waals surface area contributed by atoms with Gasteiger partial charge in [-0.25, -0.2) is 9.38 Å². The molecule has 0 bridgehead atoms. The van der Waals surface area contributed by atoms with E-state index in [9.17, 15) is 9.18 Å². The van der Waals surface area contributed by atoms with Crippen molar-refractivity contribution >= 4 is 34.6 Å². The summed E-state index contributed by atoms with van der Waals surface area (Å²) in [7, 11) is 0. The smallest absolute Gasteiger partial charge is 0.267 e. The molecule has 2 heterocycles. The zero-order valence-corrected chi connectivity index (χ0v) is 21.2. The summed E-state index contributed by atoms with van der Waals surface area (Å²) < 4.78 is 15.6. The summed E-state index contributed by atoms with van der Waals surface area (Å²) in [6.07, 6.45) is 6.49. The molecule has 5 rings (SSSR count). The lowest BCUT2D eigenvalue weighted by Gasteiger charge is -2.35. The monoisotopic (exact) mass is 487 g/mol. The number of carbonyl (C=O) groups excluding carboxylic acids is 1. The standard InChI is InChI=1S/C29H30FN3OS/c1-19-9-7-8-12-26(19)33-28(34)27(35-29(33)31-24-10-5-4-6-11-24)18-22-17-20(2)32(21(22)3)25-15-13-23(30)14-16-25/h4-6,10-11,13-19,26H,7-9,12H2,1-3H3/b27-18-,31-29?/t19-,26-/m0/s1. The number of thioether (sulfide) groups is 1. The predicted octanol–water partition coefficient (Wildman–Crippen LogP) is 7.42. The molecule has 0 spiro atoms. The van der Waals surface area contributed by atoms with Crippen LogP contribution in [0.2, 0.25) is 0 Å². The number of aromatic nitrogens is 1. The first-order valence-corrected chi connectivity index (χ1v) is 13.1. The minimum absolute atomic E-state index is 0.0371. The topological polar surface area (TPSA) is 37.6 Å². The lowest BCUT2D eigenvalue weighted by atomic mass is 9.85. The van der Waals surface area contributed by atoms with Crippen molar-refractivity contribution in [2.45, 2.75) is 52.5 Å². The molecule has 3 aromatic rings. The highest BCUT2D eigenvalue weighted by atomic mass is 32.2. The highest BCUT2D eigenvalue weighted by Gasteiger charge is 2.41. The number of para-hydroxylation sites is 1. The molecule has 4 nitrogen and oxygen atoms in total. The second-order valence-corrected chi connectivity index (χ2v) is 10.5. The average Bonchev–Trinajstić information content (AvgIpc) is 3.30. The van der Waals surface area contributed by atoms with Crippen molar-refractivity contribution in [2.24, 2.45) is 10.9 Å². The molecule has 2 fully saturated rings. The van der Waals surface area contributed by atoms with E-state index in [1.54, 1.807) is 12.1 Å². The second kappa shape index (κ2) is 9.86. The lowest BCUT2D eigenvalue weighted by molar-refractivity contribution is -0.124. The Morgan fingerprint density at radius 2 is 1.74 bits per heavy atom. The van der Waals surface area contributed by atoms with E-state index >= 15 is 0 Å². The van der Waals surface area contributed by atoms with Crippen LogP contribution in [0.5, 0.6) is 0 Å². The van der Waals surface area contributed by atoms with E-state index < -0.39 is 0 Å². The summed E-state index contributed by atoms with van der Waals surface area (Å²) in [6, 6.07) is 18.6. The van der Waals surface area contributed by atoms with Gasteiger partial charge in [-0.1, -0.05) is 38.0 Å². The Hall–Kier alpha value is -3.12. The molecule has 6 heteroatoms. The summed E-state index contributed by atoms with van der Waals surface area (Å²) in [5, 5.41) is 0.763. The van der Waals surface area contributed by atoms with Crippen molar-refractivity contribution in [1.29, 1.82) is 0 Å². The summed E-state index contributed by atoms with van der Waals surface area (Å²) >= 11 is 1.46. The summed E-state index contributed by atoms with van der Waals surface area (Å²) in [4.78, 5) is 21.3. The molecule has 180 valence electrons. The Morgan fingerprint density at radius 3 is 2.46 bits per heavy atom. The van der Waals surface area contributed by atoms with E-state index in [0.29, 0.717) is 10.8 Å². The maximum Gasteiger partial charge on any atom is 0.267 e. The maximum atomic E-state index is 13.8. The summed E-state index contributed by atoms with van der Waals surface area (Å²) in [6.45, 7) is 6.31. The highest BCUT2D eigenvalue weighted by molar-refractivity contribution is 8.18. The van der Waals surface area contributed by atoms with E-state index in [2.05, 4.69) is 17.6 Å². The Morgan fingerprint density at radius 1 is 1.03 bits per heavy atom. The number of carbonyl (C=O) groups is 1. The van der Waals surface area contributed by atoms with Gasteiger partial charge in [-0.3, -0.25) is 9.69 Å². The number of benzene rings is 2. The van der Waals surface area contributed by atoms with Crippen molar-refractivity contribution in [1.82, 2.24) is 9.47 Å². The van der Waals surface area contributed by atoms with E-state index in [1.165, 1.54) is 30.3 Å². The zero-order chi connectivity index (χ0) is 24.5. The molecule has 2 aromatic carbocycles. The molecule has 0 unspecified atom stereocenters. The number of aryl methyl sites for hydroxylation is 1. The number of amidine groups is 1. The Balaban J connectivity index is 1.53. The number of amides is 1. The second-order valence-electron chi connectivity index (χ2n) is 9.48. The lowest BCUT2D eigenvalue weighted by Crippen LogP contribution is -2.44. The van der Waals surface area contributed by atoms with Gasteiger partial charge in [0.15, 0.2) is 5.17 Å². The molecule has 1 saturated carbocycles. The van der Waals surface area contributed by atoms with Crippen molar-refractivity contribution < 1.29 is 9.18 Å². The van der Waals surface area contributed by atoms with Crippen LogP contribution in [0.1, 0.15) is 49.6 Å². The van der Waals surface area contributed by atoms with Gasteiger partial charge in [0.2, 0.25) is 0 Å². The van der Waals surface area contributed by atoms with Crippen LogP contribution in [-0.4, -0.2) is 26.6 Å². The van der Waals surface area contributed by atoms with Gasteiger partial charge in [0.1, 0.15) is 5.82 Å². The fraction of sp³-hybridized carbons (Fsp3) is 0.310. The molecule has 35 heavy (non-hydrogen) atoms. The van der Waals surface area contributed by atoms with Crippen molar-refractivity contribution in [2.75, 3.05) is 0 Å². The SMILES string of the molecule is Cc1cc(/C=C2\SC(=Nc3ccccc3)N([C@H]3CCCC[C@@H]3C)C2=O)c(C)n1-c1ccc(F)cc1. The normalized spacial score (nSPS) is 23.0. The number of aliphatic imine (C=N–C) groups is 1. The van der Waals surface area contributed by atoms with E-state index in [4.69, 9.17) is 4.99 Å². The third-order valence-electron chi connectivity index (χ3n) is 7.06. The van der Waals surface area contributed by atoms with E-state index in [1.807, 2.05) is 55.2 Å². The largest absolute Gasteiger partial charge is 0.318 e. The number of nitrogens with zero attached hydrogens (tertiary/aromatic N) is 3. The molecule has 1 saturated heterocycles. The van der Waals surface area contributed by atoms with E-state index in [-0.39, 0.29) is 17.8 Å². The third kappa shape index (κ3) is 4.72. The number of hydrogen-bond donors (Lipinski definition) is 0. The first kappa shape index (κ1) is 23.6. The van der Waals surface area contributed by atoms with Gasteiger partial charge in [-0.15, -0.1) is 0 Å². The van der Waals surface area contributed by atoms with Gasteiger partial charge in [-0.2, -0.15) is 0 Å². The van der Waals surface area contributed by atoms with Crippen LogP contribution in [0.4, 0.5) is 10.1 Å². The summed E-state index contributed by atoms with van der Waals surface area (Å²) in [5.74, 6) is 0.223. The molecule has 1 aliphatic heterocycles. The van der Waals surface area contributed by atoms with Crippen LogP contribution < -0.4 is 0 Å². The molecule has 0 radical (unpaired) electrons. The molecule has 1 amide bonds. The molecule has 2 atom stereocenters. The Kier molecular flexibility index (Phi) is 6.65. The molecular formula is C29H30FN3OS. The molecule has 1 aromatic heterocycles. The number of halogens is 1. The Bertz CT molecular complexity index is 1290. The van der Waals surface area contributed by atoms with Gasteiger partial charge in [0.25, 0.3) is 5.91 Å². The van der Waals surface area contributed by atoms with Gasteiger partial charge < -0.3 is 4.57 Å². The Labute approximate surface area is 210 Å². The number of hydrogen-bond acceptors (Lipinski definition) is 3. The fourth-order valence-corrected chi connectivity index (χ4v) is 6.25. The predicted molar refractivity (Wildman–Crippen MR) is 143 cm³/mol. The van der Waals surface area contributed by atoms with Crippen molar-refractivity contribution in [3.8, 4) is 5.69 Å². The van der Waals surface area contributed by atoms with Gasteiger partial charge >= 0.3 is 0 Å². The quantitative estimate of drug-likeness (QED) is 0.359. The minimum atomic E-state index is -0.256. The molecule has 2 aliphatic rings. The van der Waals surface area contributed by atoms with Crippen LogP contribution in [0.3, 0.4) is 0 Å². The molecule has 0 N–H and O–H groups in total. The summed E-state index contributed by atoms with van der Waals surface area (Å²) in [5.41, 5.74) is 4.79. The van der Waals surface area contributed by atoms with Crippen LogP contribution in [0, 0.1) is 25.6 Å². The van der Waals surface area contributed by atoms with Crippen molar-refractivity contribution in [3.63, 3.8) is 0 Å². The minimum Gasteiger partial charge on any atom is -0.318 e. The highest BCUT2D eigenvalue weighted by Crippen LogP contribution is 2.40.